The molecular weight excluding hydrogens is 323 g/mol. The van der Waals surface area contributed by atoms with Crippen LogP contribution in [0.2, 0.25) is 5.02 Å². The molecular formula is C15H18ClFN4O2. The standard InChI is InChI=1S/C15H18ClFN4O2/c1-9-13(14(22)20(4)8-15(2,3)23)18-19-21(9)12-6-5-10(16)7-11(12)17/h5-7,23H,8H2,1-4H3. The number of benzene rings is 1. The lowest BCUT2D eigenvalue weighted by Gasteiger charge is -2.25. The lowest BCUT2D eigenvalue weighted by atomic mass is 10.1. The van der Waals surface area contributed by atoms with Crippen LogP contribution in [0.25, 0.3) is 5.69 Å². The topological polar surface area (TPSA) is 71.2 Å². The number of nitrogens with zero attached hydrogens (tertiary/aromatic N) is 4. The first-order valence-electron chi connectivity index (χ1n) is 6.96. The van der Waals surface area contributed by atoms with E-state index in [0.717, 1.165) is 0 Å². The molecule has 8 heteroatoms. The average molecular weight is 341 g/mol. The summed E-state index contributed by atoms with van der Waals surface area (Å²) in [5.41, 5.74) is -0.370. The van der Waals surface area contributed by atoms with E-state index in [-0.39, 0.29) is 22.9 Å². The molecule has 1 N–H and O–H groups in total. The van der Waals surface area contributed by atoms with Gasteiger partial charge in [0, 0.05) is 18.6 Å². The number of hydrogen-bond donors (Lipinski definition) is 1. The maximum atomic E-state index is 14.0. The summed E-state index contributed by atoms with van der Waals surface area (Å²) in [6.07, 6.45) is 0. The van der Waals surface area contributed by atoms with Crippen molar-refractivity contribution in [2.24, 2.45) is 0 Å². The van der Waals surface area contributed by atoms with E-state index in [1.807, 2.05) is 0 Å². The van der Waals surface area contributed by atoms with Gasteiger partial charge < -0.3 is 10.0 Å². The molecule has 0 atom stereocenters. The van der Waals surface area contributed by atoms with E-state index in [0.29, 0.717) is 5.69 Å². The number of aliphatic hydroxyl groups is 1. The van der Waals surface area contributed by atoms with Crippen molar-refractivity contribution in [1.29, 1.82) is 0 Å². The molecule has 0 saturated carbocycles. The molecule has 1 heterocycles. The van der Waals surface area contributed by atoms with Crippen LogP contribution in [0.3, 0.4) is 0 Å². The van der Waals surface area contributed by atoms with E-state index in [1.54, 1.807) is 27.8 Å². The molecule has 1 aromatic carbocycles. The van der Waals surface area contributed by atoms with Crippen molar-refractivity contribution in [3.63, 3.8) is 0 Å². The van der Waals surface area contributed by atoms with E-state index in [9.17, 15) is 14.3 Å². The van der Waals surface area contributed by atoms with Crippen LogP contribution >= 0.6 is 11.6 Å². The van der Waals surface area contributed by atoms with Crippen LogP contribution in [0.5, 0.6) is 0 Å². The highest BCUT2D eigenvalue weighted by molar-refractivity contribution is 6.30. The van der Waals surface area contributed by atoms with Gasteiger partial charge in [-0.15, -0.1) is 5.10 Å². The number of carbonyl (C=O) groups excluding carboxylic acids is 1. The van der Waals surface area contributed by atoms with Gasteiger partial charge in [0.2, 0.25) is 0 Å². The summed E-state index contributed by atoms with van der Waals surface area (Å²) in [6, 6.07) is 4.16. The number of rotatable bonds is 4. The molecule has 0 aliphatic carbocycles. The summed E-state index contributed by atoms with van der Waals surface area (Å²) >= 11 is 5.73. The lowest BCUT2D eigenvalue weighted by molar-refractivity contribution is 0.0364. The molecule has 0 bridgehead atoms. The van der Waals surface area contributed by atoms with Crippen molar-refractivity contribution in [3.05, 3.63) is 40.4 Å². The summed E-state index contributed by atoms with van der Waals surface area (Å²) in [5.74, 6) is -0.959. The minimum atomic E-state index is -1.03. The normalized spacial score (nSPS) is 11.6. The largest absolute Gasteiger partial charge is 0.389 e. The first kappa shape index (κ1) is 17.4. The molecule has 0 spiro atoms. The summed E-state index contributed by atoms with van der Waals surface area (Å²) in [4.78, 5) is 13.8. The first-order chi connectivity index (χ1) is 10.6. The fourth-order valence-electron chi connectivity index (χ4n) is 2.24. The summed E-state index contributed by atoms with van der Waals surface area (Å²) in [6.45, 7) is 4.96. The van der Waals surface area contributed by atoms with E-state index in [4.69, 9.17) is 11.6 Å². The molecule has 1 aromatic heterocycles. The molecule has 6 nitrogen and oxygen atoms in total. The van der Waals surface area contributed by atoms with Gasteiger partial charge in [-0.2, -0.15) is 0 Å². The van der Waals surface area contributed by atoms with Crippen molar-refractivity contribution in [2.45, 2.75) is 26.4 Å². The molecule has 0 fully saturated rings. The van der Waals surface area contributed by atoms with E-state index >= 15 is 0 Å². The Kier molecular flexibility index (Phi) is 4.72. The highest BCUT2D eigenvalue weighted by atomic mass is 35.5. The zero-order valence-electron chi connectivity index (χ0n) is 13.3. The van der Waals surface area contributed by atoms with Gasteiger partial charge in [0.05, 0.1) is 11.3 Å². The highest BCUT2D eigenvalue weighted by Crippen LogP contribution is 2.20. The van der Waals surface area contributed by atoms with Crippen LogP contribution < -0.4 is 0 Å². The second-order valence-corrected chi connectivity index (χ2v) is 6.44. The predicted molar refractivity (Wildman–Crippen MR) is 84.3 cm³/mol. The monoisotopic (exact) mass is 340 g/mol. The van der Waals surface area contributed by atoms with Crippen molar-refractivity contribution in [1.82, 2.24) is 19.9 Å². The average Bonchev–Trinajstić information content (AvgIpc) is 2.78. The Morgan fingerprint density at radius 3 is 2.70 bits per heavy atom. The minimum absolute atomic E-state index is 0.103. The van der Waals surface area contributed by atoms with Gasteiger partial charge in [0.1, 0.15) is 11.5 Å². The Balaban J connectivity index is 2.34. The second-order valence-electron chi connectivity index (χ2n) is 6.00. The van der Waals surface area contributed by atoms with Crippen molar-refractivity contribution in [2.75, 3.05) is 13.6 Å². The van der Waals surface area contributed by atoms with Crippen molar-refractivity contribution in [3.8, 4) is 5.69 Å². The zero-order valence-corrected chi connectivity index (χ0v) is 14.1. The molecule has 0 aliphatic heterocycles. The van der Waals surface area contributed by atoms with E-state index in [2.05, 4.69) is 10.3 Å². The van der Waals surface area contributed by atoms with Gasteiger partial charge in [0.15, 0.2) is 5.69 Å². The Morgan fingerprint density at radius 2 is 2.13 bits per heavy atom. The van der Waals surface area contributed by atoms with Gasteiger partial charge in [-0.3, -0.25) is 4.79 Å². The van der Waals surface area contributed by atoms with E-state index in [1.165, 1.54) is 27.8 Å². The van der Waals surface area contributed by atoms with Gasteiger partial charge >= 0.3 is 0 Å². The SMILES string of the molecule is Cc1c(C(=O)N(C)CC(C)(C)O)nnn1-c1ccc(Cl)cc1F. The fourth-order valence-corrected chi connectivity index (χ4v) is 2.40. The third-order valence-electron chi connectivity index (χ3n) is 3.21. The molecule has 0 unspecified atom stereocenters. The van der Waals surface area contributed by atoms with E-state index < -0.39 is 17.3 Å². The van der Waals surface area contributed by atoms with Crippen LogP contribution in [0, 0.1) is 12.7 Å². The molecule has 23 heavy (non-hydrogen) atoms. The van der Waals surface area contributed by atoms with Gasteiger partial charge in [-0.1, -0.05) is 16.8 Å². The predicted octanol–water partition coefficient (Wildman–Crippen LogP) is 2.21. The molecule has 124 valence electrons. The number of aromatic nitrogens is 3. The Labute approximate surface area is 138 Å². The third-order valence-corrected chi connectivity index (χ3v) is 3.44. The van der Waals surface area contributed by atoms with Gasteiger partial charge in [-0.25, -0.2) is 9.07 Å². The number of likely N-dealkylation sites (N-methyl/N-ethyl adjacent to an activating group) is 1. The van der Waals surface area contributed by atoms with Crippen LogP contribution in [-0.2, 0) is 0 Å². The number of hydrogen-bond acceptors (Lipinski definition) is 4. The number of halogens is 2. The van der Waals surface area contributed by atoms with Gasteiger partial charge in [-0.05, 0) is 39.0 Å². The molecule has 2 rings (SSSR count). The zero-order chi connectivity index (χ0) is 17.4. The van der Waals surface area contributed by atoms with Crippen molar-refractivity contribution < 1.29 is 14.3 Å². The number of amides is 1. The molecule has 0 saturated heterocycles. The Bertz CT molecular complexity index is 740. The molecule has 1 amide bonds. The maximum Gasteiger partial charge on any atom is 0.276 e. The van der Waals surface area contributed by atoms with Crippen LogP contribution in [-0.4, -0.2) is 50.1 Å². The highest BCUT2D eigenvalue weighted by Gasteiger charge is 2.25. The minimum Gasteiger partial charge on any atom is -0.389 e. The van der Waals surface area contributed by atoms with Crippen LogP contribution in [0.1, 0.15) is 30.0 Å². The Morgan fingerprint density at radius 1 is 1.48 bits per heavy atom. The van der Waals surface area contributed by atoms with Gasteiger partial charge in [0.25, 0.3) is 5.91 Å². The lowest BCUT2D eigenvalue weighted by Crippen LogP contribution is -2.40. The third kappa shape index (κ3) is 3.86. The second kappa shape index (κ2) is 6.25. The molecule has 0 aliphatic rings. The first-order valence-corrected chi connectivity index (χ1v) is 7.33. The summed E-state index contributed by atoms with van der Waals surface area (Å²) < 4.78 is 15.3. The van der Waals surface area contributed by atoms with Crippen LogP contribution in [0.15, 0.2) is 18.2 Å². The smallest absolute Gasteiger partial charge is 0.276 e. The quantitative estimate of drug-likeness (QED) is 0.926. The fraction of sp³-hybridized carbons (Fsp3) is 0.400. The molecule has 2 aromatic rings. The summed E-state index contributed by atoms with van der Waals surface area (Å²) in [5, 5.41) is 17.8. The summed E-state index contributed by atoms with van der Waals surface area (Å²) in [7, 11) is 1.56. The maximum absolute atomic E-state index is 14.0. The van der Waals surface area contributed by atoms with Crippen LogP contribution in [0.4, 0.5) is 4.39 Å². The molecule has 0 radical (unpaired) electrons. The Hall–Kier alpha value is -1.99. The van der Waals surface area contributed by atoms with Crippen molar-refractivity contribution >= 4 is 17.5 Å². The number of carbonyl (C=O) groups is 1.